The summed E-state index contributed by atoms with van der Waals surface area (Å²) in [7, 11) is 1.96. The van der Waals surface area contributed by atoms with Crippen LogP contribution in [0.2, 0.25) is 0 Å². The van der Waals surface area contributed by atoms with Crippen molar-refractivity contribution in [3.8, 4) is 0 Å². The van der Waals surface area contributed by atoms with Crippen molar-refractivity contribution in [3.05, 3.63) is 12.5 Å². The second kappa shape index (κ2) is 4.52. The summed E-state index contributed by atoms with van der Waals surface area (Å²) in [5.41, 5.74) is 0. The monoisotopic (exact) mass is 186 g/mol. The third kappa shape index (κ3) is 2.53. The van der Waals surface area contributed by atoms with Gasteiger partial charge in [0.2, 0.25) is 0 Å². The molecule has 0 aliphatic heterocycles. The molecule has 0 saturated heterocycles. The van der Waals surface area contributed by atoms with Gasteiger partial charge in [0.1, 0.15) is 6.26 Å². The number of hydrogen-bond donors (Lipinski definition) is 1. The fourth-order valence-electron chi connectivity index (χ4n) is 0.764. The highest BCUT2D eigenvalue weighted by atomic mass is 32.2. The molecule has 0 spiro atoms. The molecule has 2 atom stereocenters. The molecule has 0 radical (unpaired) electrons. The minimum absolute atomic E-state index is 0.460. The Morgan fingerprint density at radius 2 is 2.33 bits per heavy atom. The molecular formula is C8H14N2OS. The minimum Gasteiger partial charge on any atom is -0.440 e. The predicted octanol–water partition coefficient (Wildman–Crippen LogP) is 1.76. The highest BCUT2D eigenvalue weighted by molar-refractivity contribution is 7.99. The molecule has 4 heteroatoms. The zero-order valence-electron chi connectivity index (χ0n) is 7.57. The van der Waals surface area contributed by atoms with Crippen LogP contribution in [0.4, 0.5) is 0 Å². The fraction of sp³-hybridized carbons (Fsp3) is 0.625. The van der Waals surface area contributed by atoms with Crippen LogP contribution in [-0.2, 0) is 0 Å². The summed E-state index contributed by atoms with van der Waals surface area (Å²) in [5.74, 6) is 0. The van der Waals surface area contributed by atoms with Crippen LogP contribution in [0.15, 0.2) is 22.1 Å². The summed E-state index contributed by atoms with van der Waals surface area (Å²) in [5, 5.41) is 4.39. The van der Waals surface area contributed by atoms with Gasteiger partial charge in [0.05, 0.1) is 6.20 Å². The molecule has 0 aromatic carbocycles. The van der Waals surface area contributed by atoms with Gasteiger partial charge in [-0.1, -0.05) is 18.7 Å². The Labute approximate surface area is 76.9 Å². The Bertz CT molecular complexity index is 213. The number of aromatic nitrogens is 1. The average molecular weight is 186 g/mol. The lowest BCUT2D eigenvalue weighted by atomic mass is 10.3. The quantitative estimate of drug-likeness (QED) is 0.727. The Morgan fingerprint density at radius 1 is 1.58 bits per heavy atom. The van der Waals surface area contributed by atoms with Gasteiger partial charge in [-0.05, 0) is 14.0 Å². The molecular weight excluding hydrogens is 172 g/mol. The predicted molar refractivity (Wildman–Crippen MR) is 50.3 cm³/mol. The number of rotatable bonds is 4. The van der Waals surface area contributed by atoms with Crippen molar-refractivity contribution in [2.24, 2.45) is 0 Å². The van der Waals surface area contributed by atoms with E-state index in [2.05, 4.69) is 24.1 Å². The summed E-state index contributed by atoms with van der Waals surface area (Å²) in [6.45, 7) is 4.29. The van der Waals surface area contributed by atoms with Crippen LogP contribution in [0.1, 0.15) is 13.8 Å². The van der Waals surface area contributed by atoms with E-state index in [0.29, 0.717) is 11.3 Å². The molecule has 0 bridgehead atoms. The highest BCUT2D eigenvalue weighted by Gasteiger charge is 2.13. The Hall–Kier alpha value is -0.480. The van der Waals surface area contributed by atoms with Gasteiger partial charge in [0.25, 0.3) is 5.22 Å². The normalized spacial score (nSPS) is 15.9. The number of nitrogens with one attached hydrogen (secondary N) is 1. The van der Waals surface area contributed by atoms with E-state index in [1.807, 2.05) is 7.05 Å². The zero-order valence-corrected chi connectivity index (χ0v) is 8.39. The smallest absolute Gasteiger partial charge is 0.255 e. The third-order valence-corrected chi connectivity index (χ3v) is 3.04. The van der Waals surface area contributed by atoms with E-state index in [-0.39, 0.29) is 0 Å². The molecule has 2 unspecified atom stereocenters. The fourth-order valence-corrected chi connectivity index (χ4v) is 1.66. The highest BCUT2D eigenvalue weighted by Crippen LogP contribution is 2.22. The van der Waals surface area contributed by atoms with Crippen molar-refractivity contribution in [3.63, 3.8) is 0 Å². The van der Waals surface area contributed by atoms with E-state index in [4.69, 9.17) is 4.42 Å². The Kier molecular flexibility index (Phi) is 3.62. The average Bonchev–Trinajstić information content (AvgIpc) is 2.55. The van der Waals surface area contributed by atoms with Crippen molar-refractivity contribution in [2.75, 3.05) is 7.05 Å². The van der Waals surface area contributed by atoms with Crippen LogP contribution in [0, 0.1) is 0 Å². The van der Waals surface area contributed by atoms with Crippen LogP contribution in [0.3, 0.4) is 0 Å². The number of hydrogen-bond acceptors (Lipinski definition) is 4. The van der Waals surface area contributed by atoms with Gasteiger partial charge in [0.15, 0.2) is 0 Å². The summed E-state index contributed by atoms with van der Waals surface area (Å²) >= 11 is 1.64. The molecule has 1 aromatic heterocycles. The van der Waals surface area contributed by atoms with Gasteiger partial charge in [0, 0.05) is 11.3 Å². The van der Waals surface area contributed by atoms with Crippen LogP contribution < -0.4 is 5.32 Å². The first kappa shape index (κ1) is 9.61. The Balaban J connectivity index is 2.41. The molecule has 1 aromatic rings. The lowest BCUT2D eigenvalue weighted by Gasteiger charge is -2.16. The van der Waals surface area contributed by atoms with Crippen LogP contribution in [-0.4, -0.2) is 23.3 Å². The summed E-state index contributed by atoms with van der Waals surface area (Å²) in [4.78, 5) is 4.04. The van der Waals surface area contributed by atoms with Crippen LogP contribution in [0.25, 0.3) is 0 Å². The van der Waals surface area contributed by atoms with E-state index in [0.717, 1.165) is 5.22 Å². The van der Waals surface area contributed by atoms with E-state index in [1.165, 1.54) is 0 Å². The molecule has 1 rings (SSSR count). The maximum absolute atomic E-state index is 5.12. The zero-order chi connectivity index (χ0) is 8.97. The van der Waals surface area contributed by atoms with Crippen molar-refractivity contribution >= 4 is 11.8 Å². The molecule has 0 amide bonds. The molecule has 0 aliphatic rings. The first-order chi connectivity index (χ1) is 5.74. The molecule has 12 heavy (non-hydrogen) atoms. The molecule has 1 heterocycles. The molecule has 1 N–H and O–H groups in total. The van der Waals surface area contributed by atoms with E-state index >= 15 is 0 Å². The summed E-state index contributed by atoms with van der Waals surface area (Å²) < 4.78 is 5.12. The van der Waals surface area contributed by atoms with Gasteiger partial charge in [-0.2, -0.15) is 0 Å². The van der Waals surface area contributed by atoms with Crippen molar-refractivity contribution < 1.29 is 4.42 Å². The van der Waals surface area contributed by atoms with Gasteiger partial charge >= 0.3 is 0 Å². The van der Waals surface area contributed by atoms with Crippen molar-refractivity contribution in [1.29, 1.82) is 0 Å². The van der Waals surface area contributed by atoms with Gasteiger partial charge in [-0.15, -0.1) is 0 Å². The molecule has 0 aliphatic carbocycles. The number of oxazole rings is 1. The molecule has 3 nitrogen and oxygen atoms in total. The third-order valence-electron chi connectivity index (χ3n) is 1.86. The first-order valence-electron chi connectivity index (χ1n) is 3.97. The Morgan fingerprint density at radius 3 is 2.83 bits per heavy atom. The lowest BCUT2D eigenvalue weighted by Crippen LogP contribution is -2.30. The standard InChI is InChI=1S/C8H14N2OS/c1-6(9-3)7(2)12-8-10-4-5-11-8/h4-7,9H,1-3H3. The minimum atomic E-state index is 0.460. The van der Waals surface area contributed by atoms with E-state index < -0.39 is 0 Å². The lowest BCUT2D eigenvalue weighted by molar-refractivity contribution is 0.451. The van der Waals surface area contributed by atoms with Gasteiger partial charge in [-0.25, -0.2) is 4.98 Å². The van der Waals surface area contributed by atoms with Crippen molar-refractivity contribution in [2.45, 2.75) is 30.4 Å². The SMILES string of the molecule is CNC(C)C(C)Sc1ncco1. The number of thioether (sulfide) groups is 1. The summed E-state index contributed by atoms with van der Waals surface area (Å²) in [6, 6.07) is 0.460. The van der Waals surface area contributed by atoms with Crippen LogP contribution in [0.5, 0.6) is 0 Å². The van der Waals surface area contributed by atoms with E-state index in [9.17, 15) is 0 Å². The largest absolute Gasteiger partial charge is 0.440 e. The van der Waals surface area contributed by atoms with Gasteiger partial charge in [-0.3, -0.25) is 0 Å². The number of nitrogens with zero attached hydrogens (tertiary/aromatic N) is 1. The van der Waals surface area contributed by atoms with Gasteiger partial charge < -0.3 is 9.73 Å². The topological polar surface area (TPSA) is 38.1 Å². The second-order valence-electron chi connectivity index (χ2n) is 2.70. The molecule has 68 valence electrons. The maximum Gasteiger partial charge on any atom is 0.255 e. The molecule has 0 saturated carbocycles. The first-order valence-corrected chi connectivity index (χ1v) is 4.85. The van der Waals surface area contributed by atoms with E-state index in [1.54, 1.807) is 24.2 Å². The summed E-state index contributed by atoms with van der Waals surface area (Å²) in [6.07, 6.45) is 3.26. The van der Waals surface area contributed by atoms with Crippen LogP contribution >= 0.6 is 11.8 Å². The van der Waals surface area contributed by atoms with Crippen molar-refractivity contribution in [1.82, 2.24) is 10.3 Å². The molecule has 0 fully saturated rings. The maximum atomic E-state index is 5.12. The second-order valence-corrected chi connectivity index (χ2v) is 4.03.